The van der Waals surface area contributed by atoms with Crippen molar-refractivity contribution in [1.29, 1.82) is 0 Å². The Balaban J connectivity index is 1.43. The molecule has 1 N–H and O–H groups in total. The zero-order chi connectivity index (χ0) is 18.1. The molecule has 2 amide bonds. The third-order valence-corrected chi connectivity index (χ3v) is 5.07. The van der Waals surface area contributed by atoms with E-state index in [9.17, 15) is 9.59 Å². The average molecular weight is 353 g/mol. The van der Waals surface area contributed by atoms with E-state index in [0.717, 1.165) is 36.8 Å². The Morgan fingerprint density at radius 2 is 1.96 bits per heavy atom. The fourth-order valence-electron chi connectivity index (χ4n) is 3.31. The highest BCUT2D eigenvalue weighted by Crippen LogP contribution is 2.25. The minimum absolute atomic E-state index is 0.0745. The summed E-state index contributed by atoms with van der Waals surface area (Å²) in [6, 6.07) is 9.91. The first-order valence-electron chi connectivity index (χ1n) is 9.23. The molecule has 1 aromatic heterocycles. The van der Waals surface area contributed by atoms with Gasteiger partial charge in [0.05, 0.1) is 5.92 Å². The van der Waals surface area contributed by atoms with Crippen LogP contribution in [0, 0.1) is 12.8 Å². The van der Waals surface area contributed by atoms with Crippen molar-refractivity contribution < 1.29 is 14.1 Å². The highest BCUT2D eigenvalue weighted by Gasteiger charge is 2.33. The van der Waals surface area contributed by atoms with Crippen molar-refractivity contribution in [1.82, 2.24) is 15.4 Å². The second-order valence-corrected chi connectivity index (χ2v) is 7.32. The molecule has 0 radical (unpaired) electrons. The first-order valence-corrected chi connectivity index (χ1v) is 9.23. The van der Waals surface area contributed by atoms with Crippen LogP contribution >= 0.6 is 0 Å². The number of benzene rings is 1. The van der Waals surface area contributed by atoms with Crippen LogP contribution in [0.15, 0.2) is 34.9 Å². The van der Waals surface area contributed by atoms with Crippen molar-refractivity contribution in [3.63, 3.8) is 0 Å². The standard InChI is InChI=1S/C20H23N3O3/c1-13-4-6-14(7-5-13)18-11-17(22-26-18)20(25)23-10-2-3-15(12-23)19(24)21-16-8-9-16/h4-7,11,15-16H,2-3,8-10,12H2,1H3,(H,21,24). The maximum absolute atomic E-state index is 12.8. The van der Waals surface area contributed by atoms with Crippen LogP contribution in [-0.4, -0.2) is 41.0 Å². The number of aryl methyl sites for hydroxylation is 1. The summed E-state index contributed by atoms with van der Waals surface area (Å²) in [5, 5.41) is 6.99. The van der Waals surface area contributed by atoms with E-state index in [1.807, 2.05) is 31.2 Å². The van der Waals surface area contributed by atoms with Crippen molar-refractivity contribution in [2.75, 3.05) is 13.1 Å². The molecule has 1 saturated heterocycles. The molecule has 2 heterocycles. The van der Waals surface area contributed by atoms with E-state index >= 15 is 0 Å². The molecule has 4 rings (SSSR count). The molecule has 26 heavy (non-hydrogen) atoms. The maximum atomic E-state index is 12.8. The maximum Gasteiger partial charge on any atom is 0.276 e. The average Bonchev–Trinajstić information content (AvgIpc) is 3.34. The van der Waals surface area contributed by atoms with Gasteiger partial charge in [-0.25, -0.2) is 0 Å². The van der Waals surface area contributed by atoms with Gasteiger partial charge in [0.25, 0.3) is 5.91 Å². The minimum atomic E-state index is -0.170. The van der Waals surface area contributed by atoms with Gasteiger partial charge in [-0.05, 0) is 32.6 Å². The Bertz CT molecular complexity index is 808. The molecule has 6 nitrogen and oxygen atoms in total. The summed E-state index contributed by atoms with van der Waals surface area (Å²) in [6.07, 6.45) is 3.80. The lowest BCUT2D eigenvalue weighted by atomic mass is 9.96. The first kappa shape index (κ1) is 16.8. The van der Waals surface area contributed by atoms with E-state index in [-0.39, 0.29) is 17.7 Å². The Morgan fingerprint density at radius 3 is 2.69 bits per heavy atom. The molecule has 2 aromatic rings. The summed E-state index contributed by atoms with van der Waals surface area (Å²) in [5.41, 5.74) is 2.35. The zero-order valence-corrected chi connectivity index (χ0v) is 14.9. The van der Waals surface area contributed by atoms with Crippen molar-refractivity contribution in [3.05, 3.63) is 41.6 Å². The summed E-state index contributed by atoms with van der Waals surface area (Å²) in [6.45, 7) is 3.12. The van der Waals surface area contributed by atoms with Gasteiger partial charge in [-0.1, -0.05) is 35.0 Å². The molecule has 6 heteroatoms. The van der Waals surface area contributed by atoms with Crippen LogP contribution in [0.3, 0.4) is 0 Å². The second kappa shape index (κ2) is 6.94. The summed E-state index contributed by atoms with van der Waals surface area (Å²) in [4.78, 5) is 26.8. The van der Waals surface area contributed by atoms with Crippen molar-refractivity contribution in [3.8, 4) is 11.3 Å². The van der Waals surface area contributed by atoms with Gasteiger partial charge in [0.1, 0.15) is 0 Å². The Labute approximate surface area is 152 Å². The van der Waals surface area contributed by atoms with E-state index in [2.05, 4.69) is 10.5 Å². The van der Waals surface area contributed by atoms with E-state index in [1.165, 1.54) is 0 Å². The number of carbonyl (C=O) groups excluding carboxylic acids is 2. The van der Waals surface area contributed by atoms with Gasteiger partial charge in [-0.3, -0.25) is 9.59 Å². The Hall–Kier alpha value is -2.63. The molecule has 1 aromatic carbocycles. The van der Waals surface area contributed by atoms with Crippen LogP contribution in [-0.2, 0) is 4.79 Å². The van der Waals surface area contributed by atoms with E-state index < -0.39 is 0 Å². The molecule has 2 aliphatic rings. The SMILES string of the molecule is Cc1ccc(-c2cc(C(=O)N3CCCC(C(=O)NC4CC4)C3)no2)cc1. The summed E-state index contributed by atoms with van der Waals surface area (Å²) in [5.74, 6) is 0.353. The molecule has 136 valence electrons. The summed E-state index contributed by atoms with van der Waals surface area (Å²) < 4.78 is 5.36. The second-order valence-electron chi connectivity index (χ2n) is 7.32. The lowest BCUT2D eigenvalue weighted by Gasteiger charge is -2.31. The van der Waals surface area contributed by atoms with E-state index in [4.69, 9.17) is 4.52 Å². The van der Waals surface area contributed by atoms with Crippen LogP contribution < -0.4 is 5.32 Å². The van der Waals surface area contributed by atoms with Gasteiger partial charge in [-0.2, -0.15) is 0 Å². The van der Waals surface area contributed by atoms with Gasteiger partial charge in [-0.15, -0.1) is 0 Å². The number of hydrogen-bond donors (Lipinski definition) is 1. The van der Waals surface area contributed by atoms with Crippen LogP contribution in [0.1, 0.15) is 41.7 Å². The number of nitrogens with one attached hydrogen (secondary N) is 1. The van der Waals surface area contributed by atoms with E-state index in [1.54, 1.807) is 11.0 Å². The molecule has 1 saturated carbocycles. The van der Waals surface area contributed by atoms with Gasteiger partial charge < -0.3 is 14.7 Å². The molecule has 2 fully saturated rings. The fraction of sp³-hybridized carbons (Fsp3) is 0.450. The van der Waals surface area contributed by atoms with Crippen LogP contribution in [0.25, 0.3) is 11.3 Å². The molecule has 1 atom stereocenters. The predicted molar refractivity (Wildman–Crippen MR) is 96.5 cm³/mol. The minimum Gasteiger partial charge on any atom is -0.355 e. The largest absolute Gasteiger partial charge is 0.355 e. The number of aromatic nitrogens is 1. The van der Waals surface area contributed by atoms with Crippen molar-refractivity contribution in [2.45, 2.75) is 38.6 Å². The highest BCUT2D eigenvalue weighted by molar-refractivity contribution is 5.93. The molecular formula is C20H23N3O3. The number of nitrogens with zero attached hydrogens (tertiary/aromatic N) is 2. The number of rotatable bonds is 4. The molecule has 1 aliphatic carbocycles. The van der Waals surface area contributed by atoms with E-state index in [0.29, 0.717) is 30.6 Å². The van der Waals surface area contributed by atoms with Crippen molar-refractivity contribution in [2.24, 2.45) is 5.92 Å². The lowest BCUT2D eigenvalue weighted by molar-refractivity contribution is -0.126. The van der Waals surface area contributed by atoms with Gasteiger partial charge in [0, 0.05) is 30.8 Å². The molecule has 1 unspecified atom stereocenters. The van der Waals surface area contributed by atoms with Crippen molar-refractivity contribution >= 4 is 11.8 Å². The molecule has 1 aliphatic heterocycles. The third kappa shape index (κ3) is 3.64. The highest BCUT2D eigenvalue weighted by atomic mass is 16.5. The summed E-state index contributed by atoms with van der Waals surface area (Å²) in [7, 11) is 0. The van der Waals surface area contributed by atoms with Crippen LogP contribution in [0.5, 0.6) is 0 Å². The molecule has 0 spiro atoms. The zero-order valence-electron chi connectivity index (χ0n) is 14.9. The van der Waals surface area contributed by atoms with Crippen LogP contribution in [0.2, 0.25) is 0 Å². The molecule has 0 bridgehead atoms. The third-order valence-electron chi connectivity index (χ3n) is 5.07. The quantitative estimate of drug-likeness (QED) is 0.917. The summed E-state index contributed by atoms with van der Waals surface area (Å²) >= 11 is 0. The van der Waals surface area contributed by atoms with Gasteiger partial charge in [0.15, 0.2) is 11.5 Å². The monoisotopic (exact) mass is 353 g/mol. The van der Waals surface area contributed by atoms with Crippen LogP contribution in [0.4, 0.5) is 0 Å². The Kier molecular flexibility index (Phi) is 4.49. The number of hydrogen-bond acceptors (Lipinski definition) is 4. The number of amides is 2. The fourth-order valence-corrected chi connectivity index (χ4v) is 3.31. The number of piperidine rings is 1. The smallest absolute Gasteiger partial charge is 0.276 e. The number of likely N-dealkylation sites (tertiary alicyclic amines) is 1. The predicted octanol–water partition coefficient (Wildman–Crippen LogP) is 2.78. The lowest BCUT2D eigenvalue weighted by Crippen LogP contribution is -2.46. The number of carbonyl (C=O) groups is 2. The van der Waals surface area contributed by atoms with Gasteiger partial charge in [0.2, 0.25) is 5.91 Å². The normalized spacial score (nSPS) is 20.0. The van der Waals surface area contributed by atoms with Gasteiger partial charge >= 0.3 is 0 Å². The first-order chi connectivity index (χ1) is 12.6. The topological polar surface area (TPSA) is 75.4 Å². The molecular weight excluding hydrogens is 330 g/mol. The Morgan fingerprint density at radius 1 is 1.19 bits per heavy atom.